The Labute approximate surface area is 125 Å². The molecule has 1 aromatic rings. The Morgan fingerprint density at radius 1 is 1.52 bits per heavy atom. The third kappa shape index (κ3) is 5.16. The lowest BCUT2D eigenvalue weighted by molar-refractivity contribution is -0.123. The number of hydrogen-bond acceptors (Lipinski definition) is 7. The molecule has 0 spiro atoms. The number of amides is 1. The summed E-state index contributed by atoms with van der Waals surface area (Å²) >= 11 is 0. The van der Waals surface area contributed by atoms with E-state index in [2.05, 4.69) is 20.7 Å². The SMILES string of the molecule is CCOCc1nc(NN)cc(N(C)CC(C)C(=O)NC)n1. The molecule has 0 aromatic carbocycles. The van der Waals surface area contributed by atoms with Crippen LogP contribution in [0.25, 0.3) is 0 Å². The van der Waals surface area contributed by atoms with Gasteiger partial charge in [0.05, 0.1) is 5.92 Å². The fourth-order valence-corrected chi connectivity index (χ4v) is 1.84. The van der Waals surface area contributed by atoms with Gasteiger partial charge in [-0.15, -0.1) is 0 Å². The van der Waals surface area contributed by atoms with Crippen molar-refractivity contribution in [3.63, 3.8) is 0 Å². The summed E-state index contributed by atoms with van der Waals surface area (Å²) in [5.74, 6) is 6.99. The van der Waals surface area contributed by atoms with Gasteiger partial charge in [0.25, 0.3) is 0 Å². The summed E-state index contributed by atoms with van der Waals surface area (Å²) in [6.45, 7) is 5.21. The van der Waals surface area contributed by atoms with E-state index in [1.165, 1.54) is 0 Å². The van der Waals surface area contributed by atoms with Gasteiger partial charge < -0.3 is 20.4 Å². The number of hydrazine groups is 1. The van der Waals surface area contributed by atoms with Crippen LogP contribution < -0.4 is 21.5 Å². The molecule has 1 amide bonds. The van der Waals surface area contributed by atoms with Gasteiger partial charge in [-0.25, -0.2) is 15.8 Å². The van der Waals surface area contributed by atoms with Crippen molar-refractivity contribution in [3.8, 4) is 0 Å². The number of nitrogens with one attached hydrogen (secondary N) is 2. The van der Waals surface area contributed by atoms with E-state index in [0.29, 0.717) is 37.2 Å². The molecule has 1 aromatic heterocycles. The first kappa shape index (κ1) is 17.1. The van der Waals surface area contributed by atoms with Crippen LogP contribution in [0.5, 0.6) is 0 Å². The van der Waals surface area contributed by atoms with Gasteiger partial charge in [0.1, 0.15) is 18.2 Å². The third-order valence-electron chi connectivity index (χ3n) is 2.97. The highest BCUT2D eigenvalue weighted by Gasteiger charge is 2.16. The van der Waals surface area contributed by atoms with E-state index in [-0.39, 0.29) is 11.8 Å². The van der Waals surface area contributed by atoms with E-state index in [4.69, 9.17) is 10.6 Å². The lowest BCUT2D eigenvalue weighted by Gasteiger charge is -2.22. The molecular formula is C13H24N6O2. The van der Waals surface area contributed by atoms with Crippen LogP contribution in [0, 0.1) is 5.92 Å². The summed E-state index contributed by atoms with van der Waals surface area (Å²) < 4.78 is 5.31. The molecule has 1 heterocycles. The summed E-state index contributed by atoms with van der Waals surface area (Å²) in [5.41, 5.74) is 2.51. The van der Waals surface area contributed by atoms with E-state index < -0.39 is 0 Å². The van der Waals surface area contributed by atoms with Gasteiger partial charge in [0, 0.05) is 33.3 Å². The molecule has 0 aliphatic heterocycles. The van der Waals surface area contributed by atoms with E-state index in [1.54, 1.807) is 13.1 Å². The van der Waals surface area contributed by atoms with Gasteiger partial charge in [0.2, 0.25) is 5.91 Å². The first-order valence-corrected chi connectivity index (χ1v) is 6.86. The lowest BCUT2D eigenvalue weighted by Crippen LogP contribution is -2.34. The minimum absolute atomic E-state index is 0.0115. The topological polar surface area (TPSA) is 105 Å². The van der Waals surface area contributed by atoms with Crippen LogP contribution in [0.3, 0.4) is 0 Å². The molecule has 0 bridgehead atoms. The summed E-state index contributed by atoms with van der Waals surface area (Å²) in [5, 5.41) is 2.63. The van der Waals surface area contributed by atoms with E-state index in [1.807, 2.05) is 25.8 Å². The Kier molecular flexibility index (Phi) is 6.83. The molecule has 8 nitrogen and oxygen atoms in total. The molecule has 4 N–H and O–H groups in total. The second-order valence-electron chi connectivity index (χ2n) is 4.70. The van der Waals surface area contributed by atoms with Crippen LogP contribution in [-0.2, 0) is 16.1 Å². The van der Waals surface area contributed by atoms with E-state index in [0.717, 1.165) is 0 Å². The molecule has 0 saturated carbocycles. The minimum Gasteiger partial charge on any atom is -0.374 e. The number of anilines is 2. The number of ether oxygens (including phenoxy) is 1. The van der Waals surface area contributed by atoms with Gasteiger partial charge in [-0.2, -0.15) is 0 Å². The molecule has 21 heavy (non-hydrogen) atoms. The number of hydrogen-bond donors (Lipinski definition) is 3. The number of nitrogen functional groups attached to an aromatic ring is 1. The number of carbonyl (C=O) groups excluding carboxylic acids is 1. The van der Waals surface area contributed by atoms with Crippen molar-refractivity contribution < 1.29 is 9.53 Å². The Morgan fingerprint density at radius 2 is 2.24 bits per heavy atom. The second kappa shape index (κ2) is 8.38. The zero-order valence-electron chi connectivity index (χ0n) is 13.0. The molecule has 0 radical (unpaired) electrons. The fourth-order valence-electron chi connectivity index (χ4n) is 1.84. The normalized spacial score (nSPS) is 11.9. The van der Waals surface area contributed by atoms with Crippen molar-refractivity contribution in [1.29, 1.82) is 0 Å². The van der Waals surface area contributed by atoms with Crippen LogP contribution in [0.1, 0.15) is 19.7 Å². The lowest BCUT2D eigenvalue weighted by atomic mass is 10.1. The quantitative estimate of drug-likeness (QED) is 0.462. The standard InChI is InChI=1S/C13H24N6O2/c1-5-21-8-11-16-10(18-14)6-12(17-11)19(4)7-9(2)13(20)15-3/h6,9H,5,7-8,14H2,1-4H3,(H,15,20)(H,16,17,18). The van der Waals surface area contributed by atoms with E-state index in [9.17, 15) is 4.79 Å². The third-order valence-corrected chi connectivity index (χ3v) is 2.97. The van der Waals surface area contributed by atoms with Gasteiger partial charge >= 0.3 is 0 Å². The van der Waals surface area contributed by atoms with E-state index >= 15 is 0 Å². The number of nitrogens with two attached hydrogens (primary N) is 1. The smallest absolute Gasteiger partial charge is 0.224 e. The first-order valence-electron chi connectivity index (χ1n) is 6.86. The van der Waals surface area contributed by atoms with Crippen LogP contribution in [-0.4, -0.2) is 43.1 Å². The zero-order valence-corrected chi connectivity index (χ0v) is 13.0. The Hall–Kier alpha value is -1.93. The average molecular weight is 296 g/mol. The molecule has 1 rings (SSSR count). The van der Waals surface area contributed by atoms with Crippen molar-refractivity contribution in [2.45, 2.75) is 20.5 Å². The summed E-state index contributed by atoms with van der Waals surface area (Å²) in [7, 11) is 3.49. The van der Waals surface area contributed by atoms with Gasteiger partial charge in [-0.1, -0.05) is 6.92 Å². The van der Waals surface area contributed by atoms with Gasteiger partial charge in [-0.05, 0) is 6.92 Å². The second-order valence-corrected chi connectivity index (χ2v) is 4.70. The molecule has 1 unspecified atom stereocenters. The number of rotatable bonds is 8. The van der Waals surface area contributed by atoms with Crippen molar-refractivity contribution in [3.05, 3.63) is 11.9 Å². The molecule has 0 saturated heterocycles. The highest BCUT2D eigenvalue weighted by atomic mass is 16.5. The van der Waals surface area contributed by atoms with Crippen LogP contribution in [0.2, 0.25) is 0 Å². The summed E-state index contributed by atoms with van der Waals surface area (Å²) in [6.07, 6.45) is 0. The van der Waals surface area contributed by atoms with Crippen molar-refractivity contribution in [2.75, 3.05) is 37.6 Å². The van der Waals surface area contributed by atoms with Crippen molar-refractivity contribution in [2.24, 2.45) is 11.8 Å². The van der Waals surface area contributed by atoms with Crippen LogP contribution in [0.4, 0.5) is 11.6 Å². The highest BCUT2D eigenvalue weighted by Crippen LogP contribution is 2.16. The maximum absolute atomic E-state index is 11.6. The first-order chi connectivity index (χ1) is 10.0. The maximum atomic E-state index is 11.6. The number of nitrogens with zero attached hydrogens (tertiary/aromatic N) is 3. The highest BCUT2D eigenvalue weighted by molar-refractivity contribution is 5.78. The van der Waals surface area contributed by atoms with Crippen molar-refractivity contribution in [1.82, 2.24) is 15.3 Å². The molecule has 0 aliphatic carbocycles. The maximum Gasteiger partial charge on any atom is 0.224 e. The summed E-state index contributed by atoms with van der Waals surface area (Å²) in [6, 6.07) is 1.73. The predicted molar refractivity (Wildman–Crippen MR) is 81.7 cm³/mol. The summed E-state index contributed by atoms with van der Waals surface area (Å²) in [4.78, 5) is 22.1. The molecule has 0 aliphatic rings. The number of carbonyl (C=O) groups is 1. The average Bonchev–Trinajstić information content (AvgIpc) is 2.51. The van der Waals surface area contributed by atoms with Crippen molar-refractivity contribution >= 4 is 17.5 Å². The largest absolute Gasteiger partial charge is 0.374 e. The monoisotopic (exact) mass is 296 g/mol. The predicted octanol–water partition coefficient (Wildman–Crippen LogP) is 0.117. The molecule has 1 atom stereocenters. The van der Waals surface area contributed by atoms with Crippen LogP contribution in [0.15, 0.2) is 6.07 Å². The minimum atomic E-state index is -0.153. The van der Waals surface area contributed by atoms with Gasteiger partial charge in [-0.3, -0.25) is 4.79 Å². The Bertz CT molecular complexity index is 468. The van der Waals surface area contributed by atoms with Crippen LogP contribution >= 0.6 is 0 Å². The Balaban J connectivity index is 2.86. The molecular weight excluding hydrogens is 272 g/mol. The zero-order chi connectivity index (χ0) is 15.8. The Morgan fingerprint density at radius 3 is 2.81 bits per heavy atom. The molecule has 8 heteroatoms. The molecule has 118 valence electrons. The van der Waals surface area contributed by atoms with Gasteiger partial charge in [0.15, 0.2) is 5.82 Å². The number of aromatic nitrogens is 2. The fraction of sp³-hybridized carbons (Fsp3) is 0.615. The molecule has 0 fully saturated rings.